The molecular formula is C22H25F2N3O4. The number of hydroxylamine groups is 1. The second-order valence-corrected chi connectivity index (χ2v) is 5.75. The molecule has 0 saturated heterocycles. The summed E-state index contributed by atoms with van der Waals surface area (Å²) in [5.41, 5.74) is 9.32. The molecule has 2 unspecified atom stereocenters. The number of hydrogen-bond acceptors (Lipinski definition) is 5. The van der Waals surface area contributed by atoms with Gasteiger partial charge in [0.05, 0.1) is 6.04 Å². The number of nitrogen functional groups attached to an aromatic ring is 1. The molecule has 0 aliphatic heterocycles. The van der Waals surface area contributed by atoms with Crippen LogP contribution in [0.25, 0.3) is 0 Å². The molecule has 6 N–H and O–H groups in total. The Morgan fingerprint density at radius 3 is 2.16 bits per heavy atom. The van der Waals surface area contributed by atoms with Gasteiger partial charge in [0.25, 0.3) is 12.3 Å². The molecule has 7 nitrogen and oxygen atoms in total. The minimum Gasteiger partial charge on any atom is -0.398 e. The molecule has 0 bridgehead atoms. The third-order valence-corrected chi connectivity index (χ3v) is 3.63. The molecule has 0 aromatic heterocycles. The molecule has 0 heterocycles. The molecule has 2 aromatic carbocycles. The lowest BCUT2D eigenvalue weighted by Crippen LogP contribution is -2.44. The van der Waals surface area contributed by atoms with Crippen LogP contribution in [0.15, 0.2) is 61.7 Å². The maximum Gasteiger partial charge on any atom is 0.266 e. The van der Waals surface area contributed by atoms with Crippen molar-refractivity contribution in [3.63, 3.8) is 0 Å². The van der Waals surface area contributed by atoms with Crippen LogP contribution in [0.1, 0.15) is 28.4 Å². The number of carbonyl (C=O) groups is 2. The average Bonchev–Trinajstić information content (AvgIpc) is 2.79. The van der Waals surface area contributed by atoms with Crippen LogP contribution in [-0.2, 0) is 4.79 Å². The van der Waals surface area contributed by atoms with Crippen LogP contribution >= 0.6 is 0 Å². The molecular weight excluding hydrogens is 408 g/mol. The minimum atomic E-state index is -2.92. The van der Waals surface area contributed by atoms with Crippen LogP contribution in [0, 0.1) is 11.8 Å². The second-order valence-electron chi connectivity index (χ2n) is 5.75. The Morgan fingerprint density at radius 2 is 1.68 bits per heavy atom. The fourth-order valence-electron chi connectivity index (χ4n) is 2.05. The number of nitrogens with one attached hydrogen (secondary N) is 2. The van der Waals surface area contributed by atoms with Gasteiger partial charge in [-0.1, -0.05) is 24.0 Å². The molecule has 0 fully saturated rings. The molecule has 0 radical (unpaired) electrons. The number of hydrogen-bond donors (Lipinski definition) is 5. The molecule has 0 aliphatic carbocycles. The molecule has 2 rings (SSSR count). The van der Waals surface area contributed by atoms with E-state index in [-0.39, 0.29) is 12.0 Å². The molecule has 0 saturated carbocycles. The normalized spacial score (nSPS) is 11.2. The van der Waals surface area contributed by atoms with E-state index < -0.39 is 24.5 Å². The maximum absolute atomic E-state index is 12.4. The van der Waals surface area contributed by atoms with Gasteiger partial charge in [0.1, 0.15) is 6.10 Å². The van der Waals surface area contributed by atoms with Gasteiger partial charge in [0, 0.05) is 22.4 Å². The number of halogens is 2. The summed E-state index contributed by atoms with van der Waals surface area (Å²) in [6.07, 6.45) is -4.65. The first-order valence-electron chi connectivity index (χ1n) is 8.87. The first-order valence-corrected chi connectivity index (χ1v) is 8.87. The smallest absolute Gasteiger partial charge is 0.266 e. The van der Waals surface area contributed by atoms with Crippen molar-refractivity contribution in [2.24, 2.45) is 0 Å². The van der Waals surface area contributed by atoms with Crippen LogP contribution < -0.4 is 16.5 Å². The van der Waals surface area contributed by atoms with Crippen LogP contribution in [0.3, 0.4) is 0 Å². The zero-order valence-electron chi connectivity index (χ0n) is 16.9. The first-order chi connectivity index (χ1) is 14.8. The quantitative estimate of drug-likeness (QED) is 0.124. The van der Waals surface area contributed by atoms with Crippen molar-refractivity contribution < 1.29 is 28.7 Å². The van der Waals surface area contributed by atoms with Gasteiger partial charge >= 0.3 is 0 Å². The highest BCUT2D eigenvalue weighted by atomic mass is 19.3. The summed E-state index contributed by atoms with van der Waals surface area (Å²) in [5, 5.41) is 18.8. The summed E-state index contributed by atoms with van der Waals surface area (Å²) in [6.45, 7) is 7.32. The number of aliphatic hydroxyl groups excluding tert-OH is 1. The summed E-state index contributed by atoms with van der Waals surface area (Å²) < 4.78 is 24.8. The van der Waals surface area contributed by atoms with Crippen molar-refractivity contribution in [2.45, 2.75) is 25.5 Å². The third kappa shape index (κ3) is 10.0. The Hall–Kier alpha value is -3.74. The predicted molar refractivity (Wildman–Crippen MR) is 114 cm³/mol. The highest BCUT2D eigenvalue weighted by Gasteiger charge is 2.25. The molecule has 2 aromatic rings. The van der Waals surface area contributed by atoms with Crippen molar-refractivity contribution in [3.8, 4) is 11.8 Å². The zero-order valence-corrected chi connectivity index (χ0v) is 16.9. The van der Waals surface area contributed by atoms with E-state index in [9.17, 15) is 18.7 Å². The number of anilines is 1. The van der Waals surface area contributed by atoms with Gasteiger partial charge < -0.3 is 16.2 Å². The number of para-hydroxylation sites is 1. The van der Waals surface area contributed by atoms with Crippen LogP contribution in [0.5, 0.6) is 0 Å². The van der Waals surface area contributed by atoms with E-state index in [4.69, 9.17) is 15.7 Å². The third-order valence-electron chi connectivity index (χ3n) is 3.63. The largest absolute Gasteiger partial charge is 0.398 e. The Kier molecular flexibility index (Phi) is 13.3. The highest BCUT2D eigenvalue weighted by molar-refractivity contribution is 5.94. The van der Waals surface area contributed by atoms with E-state index in [0.717, 1.165) is 0 Å². The lowest BCUT2D eigenvalue weighted by atomic mass is 10.1. The molecule has 2 amide bonds. The van der Waals surface area contributed by atoms with Crippen molar-refractivity contribution in [3.05, 3.63) is 78.4 Å². The Balaban J connectivity index is 0.00000134. The molecule has 0 aliphatic rings. The van der Waals surface area contributed by atoms with Gasteiger partial charge in [-0.05, 0) is 43.3 Å². The number of amides is 2. The lowest BCUT2D eigenvalue weighted by molar-refractivity contribution is -0.116. The Bertz CT molecular complexity index is 880. The minimum absolute atomic E-state index is 0.181. The van der Waals surface area contributed by atoms with Crippen LogP contribution in [-0.4, -0.2) is 41.2 Å². The Labute approximate surface area is 179 Å². The second kappa shape index (κ2) is 15.1. The van der Waals surface area contributed by atoms with E-state index >= 15 is 0 Å². The SMILES string of the molecule is C=C.CC(NC(=O)c1ccc(C#Cc2ccccc2N)cc1)C(O)C(F)F.O=CNO. The van der Waals surface area contributed by atoms with Crippen LogP contribution in [0.4, 0.5) is 14.5 Å². The average molecular weight is 433 g/mol. The fourth-order valence-corrected chi connectivity index (χ4v) is 2.05. The first kappa shape index (κ1) is 27.3. The van der Waals surface area contributed by atoms with Gasteiger partial charge in [-0.25, -0.2) is 14.3 Å². The number of rotatable bonds is 5. The van der Waals surface area contributed by atoms with Crippen molar-refractivity contribution in [2.75, 3.05) is 5.73 Å². The molecule has 31 heavy (non-hydrogen) atoms. The van der Waals surface area contributed by atoms with Crippen molar-refractivity contribution in [1.29, 1.82) is 0 Å². The highest BCUT2D eigenvalue weighted by Crippen LogP contribution is 2.10. The lowest BCUT2D eigenvalue weighted by Gasteiger charge is -2.19. The van der Waals surface area contributed by atoms with Gasteiger partial charge in [0.15, 0.2) is 0 Å². The standard InChI is InChI=1S/C19H18F2N2O2.C2H4.CH3NO2/c1-12(17(24)18(20)21)23-19(25)15-10-7-13(8-11-15)6-9-14-4-2-3-5-16(14)22;1-2;3-1-2-4/h2-5,7-8,10-12,17-18,24H,22H2,1H3,(H,23,25);1-2H2;1,4H,(H,2,3). The van der Waals surface area contributed by atoms with Gasteiger partial charge in [-0.15, -0.1) is 13.2 Å². The Morgan fingerprint density at radius 1 is 1.13 bits per heavy atom. The fraction of sp³-hybridized carbons (Fsp3) is 0.182. The number of carbonyl (C=O) groups excluding carboxylic acids is 2. The maximum atomic E-state index is 12.4. The molecule has 2 atom stereocenters. The molecule has 9 heteroatoms. The van der Waals surface area contributed by atoms with Crippen molar-refractivity contribution in [1.82, 2.24) is 10.8 Å². The van der Waals surface area contributed by atoms with Crippen LogP contribution in [0.2, 0.25) is 0 Å². The monoisotopic (exact) mass is 433 g/mol. The summed E-state index contributed by atoms with van der Waals surface area (Å²) in [5.74, 6) is 5.34. The van der Waals surface area contributed by atoms with Gasteiger partial charge in [-0.3, -0.25) is 14.8 Å². The number of alkyl halides is 2. The summed E-state index contributed by atoms with van der Waals surface area (Å²) >= 11 is 0. The molecule has 166 valence electrons. The summed E-state index contributed by atoms with van der Waals surface area (Å²) in [6, 6.07) is 12.5. The number of aliphatic hydroxyl groups is 1. The summed E-state index contributed by atoms with van der Waals surface area (Å²) in [4.78, 5) is 20.8. The van der Waals surface area contributed by atoms with E-state index in [1.54, 1.807) is 24.3 Å². The van der Waals surface area contributed by atoms with E-state index in [1.807, 2.05) is 12.1 Å². The predicted octanol–water partition coefficient (Wildman–Crippen LogP) is 2.34. The van der Waals surface area contributed by atoms with Gasteiger partial charge in [-0.2, -0.15) is 0 Å². The van der Waals surface area contributed by atoms with Gasteiger partial charge in [0.2, 0.25) is 6.41 Å². The number of nitrogens with two attached hydrogens (primary N) is 1. The van der Waals surface area contributed by atoms with E-state index in [0.29, 0.717) is 16.8 Å². The number of benzene rings is 2. The topological polar surface area (TPSA) is 125 Å². The summed E-state index contributed by atoms with van der Waals surface area (Å²) in [7, 11) is 0. The van der Waals surface area contributed by atoms with E-state index in [2.05, 4.69) is 30.3 Å². The van der Waals surface area contributed by atoms with Crippen molar-refractivity contribution >= 4 is 18.0 Å². The molecule has 0 spiro atoms. The zero-order chi connectivity index (χ0) is 23.8. The van der Waals surface area contributed by atoms with E-state index in [1.165, 1.54) is 24.5 Å².